The molecule has 6 nitrogen and oxygen atoms in total. The molecule has 29 heavy (non-hydrogen) atoms. The highest BCUT2D eigenvalue weighted by Gasteiger charge is 2.13. The Hall–Kier alpha value is -2.32. The van der Waals surface area contributed by atoms with Gasteiger partial charge in [-0.15, -0.1) is 0 Å². The quantitative estimate of drug-likeness (QED) is 0.402. The van der Waals surface area contributed by atoms with E-state index in [1.54, 1.807) is 12.1 Å². The van der Waals surface area contributed by atoms with Crippen LogP contribution in [-0.2, 0) is 21.2 Å². The van der Waals surface area contributed by atoms with Crippen molar-refractivity contribution in [3.8, 4) is 0 Å². The molecular weight excluding hydrogens is 406 g/mol. The van der Waals surface area contributed by atoms with E-state index in [9.17, 15) is 13.2 Å². The minimum Gasteiger partial charge on any atom is -0.325 e. The Morgan fingerprint density at radius 3 is 2.52 bits per heavy atom. The number of carbonyl (C=O) groups is 1. The number of nitrogens with one attached hydrogen (secondary N) is 1. The van der Waals surface area contributed by atoms with Crippen LogP contribution in [-0.4, -0.2) is 35.9 Å². The average Bonchev–Trinajstić information content (AvgIpc) is 3.04. The number of benzene rings is 2. The first-order valence-corrected chi connectivity index (χ1v) is 12.4. The van der Waals surface area contributed by atoms with Gasteiger partial charge in [0.1, 0.15) is 0 Å². The van der Waals surface area contributed by atoms with Crippen LogP contribution < -0.4 is 5.32 Å². The van der Waals surface area contributed by atoms with Crippen molar-refractivity contribution < 1.29 is 13.2 Å². The van der Waals surface area contributed by atoms with Gasteiger partial charge in [0.15, 0.2) is 15.0 Å². The van der Waals surface area contributed by atoms with Crippen molar-refractivity contribution in [2.45, 2.75) is 42.8 Å². The Bertz CT molecular complexity index is 1090. The van der Waals surface area contributed by atoms with E-state index >= 15 is 0 Å². The second-order valence-electron chi connectivity index (χ2n) is 6.88. The van der Waals surface area contributed by atoms with Crippen LogP contribution in [0.2, 0.25) is 0 Å². The number of carbonyl (C=O) groups excluding carboxylic acids is 1. The van der Waals surface area contributed by atoms with Gasteiger partial charge in [-0.1, -0.05) is 43.7 Å². The number of sulfone groups is 1. The number of rotatable bonds is 9. The van der Waals surface area contributed by atoms with Gasteiger partial charge >= 0.3 is 0 Å². The van der Waals surface area contributed by atoms with Crippen molar-refractivity contribution in [1.82, 2.24) is 9.55 Å². The van der Waals surface area contributed by atoms with Crippen LogP contribution in [0, 0.1) is 0 Å². The molecule has 0 aliphatic carbocycles. The number of para-hydroxylation sites is 2. The molecule has 0 aliphatic rings. The fourth-order valence-corrected chi connectivity index (χ4v) is 4.48. The molecule has 0 spiro atoms. The minimum atomic E-state index is -3.25. The second kappa shape index (κ2) is 9.45. The molecule has 0 radical (unpaired) electrons. The maximum atomic E-state index is 12.4. The Balaban J connectivity index is 1.66. The van der Waals surface area contributed by atoms with Crippen LogP contribution in [0.4, 0.5) is 5.69 Å². The van der Waals surface area contributed by atoms with E-state index in [4.69, 9.17) is 0 Å². The lowest BCUT2D eigenvalue weighted by molar-refractivity contribution is -0.113. The van der Waals surface area contributed by atoms with E-state index in [1.165, 1.54) is 23.9 Å². The summed E-state index contributed by atoms with van der Waals surface area (Å²) in [6, 6.07) is 14.2. The molecule has 3 aromatic rings. The van der Waals surface area contributed by atoms with Crippen LogP contribution in [0.25, 0.3) is 11.0 Å². The number of fused-ring (bicyclic) bond motifs is 1. The van der Waals surface area contributed by atoms with Crippen molar-refractivity contribution in [2.24, 2.45) is 0 Å². The van der Waals surface area contributed by atoms with Crippen molar-refractivity contribution in [3.63, 3.8) is 0 Å². The predicted molar refractivity (Wildman–Crippen MR) is 118 cm³/mol. The SMILES string of the molecule is CCCCCn1c(SCC(=O)Nc2ccc(S(C)(=O)=O)cc2)nc2ccccc21. The molecule has 1 heterocycles. The summed E-state index contributed by atoms with van der Waals surface area (Å²) in [7, 11) is -3.25. The summed E-state index contributed by atoms with van der Waals surface area (Å²) in [5, 5.41) is 3.64. The Morgan fingerprint density at radius 1 is 1.10 bits per heavy atom. The Morgan fingerprint density at radius 2 is 1.83 bits per heavy atom. The molecule has 0 aliphatic heterocycles. The molecule has 0 bridgehead atoms. The number of nitrogens with zero attached hydrogens (tertiary/aromatic N) is 2. The predicted octanol–water partition coefficient (Wildman–Crippen LogP) is 4.36. The standard InChI is InChI=1S/C21H25N3O3S2/c1-3-4-7-14-24-19-9-6-5-8-18(19)23-21(24)28-15-20(25)22-16-10-12-17(13-11-16)29(2,26)27/h5-6,8-13H,3-4,7,14-15H2,1-2H3,(H,22,25). The molecule has 3 rings (SSSR count). The fourth-order valence-electron chi connectivity index (χ4n) is 3.01. The highest BCUT2D eigenvalue weighted by molar-refractivity contribution is 7.99. The van der Waals surface area contributed by atoms with Crippen LogP contribution >= 0.6 is 11.8 Å². The molecular formula is C21H25N3O3S2. The zero-order valence-corrected chi connectivity index (χ0v) is 18.2. The number of hydrogen-bond donors (Lipinski definition) is 1. The summed E-state index contributed by atoms with van der Waals surface area (Å²) in [4.78, 5) is 17.3. The number of unbranched alkanes of at least 4 members (excludes halogenated alkanes) is 2. The van der Waals surface area contributed by atoms with Gasteiger partial charge in [-0.2, -0.15) is 0 Å². The third-order valence-electron chi connectivity index (χ3n) is 4.50. The molecule has 1 aromatic heterocycles. The average molecular weight is 432 g/mol. The van der Waals surface area contributed by atoms with Crippen LogP contribution in [0.1, 0.15) is 26.2 Å². The maximum absolute atomic E-state index is 12.4. The van der Waals surface area contributed by atoms with Gasteiger partial charge in [-0.05, 0) is 42.8 Å². The van der Waals surface area contributed by atoms with Gasteiger partial charge < -0.3 is 9.88 Å². The van der Waals surface area contributed by atoms with E-state index in [2.05, 4.69) is 27.9 Å². The maximum Gasteiger partial charge on any atom is 0.234 e. The monoisotopic (exact) mass is 431 g/mol. The van der Waals surface area contributed by atoms with Crippen molar-refractivity contribution in [1.29, 1.82) is 0 Å². The highest BCUT2D eigenvalue weighted by Crippen LogP contribution is 2.25. The van der Waals surface area contributed by atoms with Gasteiger partial charge in [0, 0.05) is 18.5 Å². The van der Waals surface area contributed by atoms with Gasteiger partial charge in [-0.25, -0.2) is 13.4 Å². The normalized spacial score (nSPS) is 11.7. The molecule has 154 valence electrons. The fraction of sp³-hybridized carbons (Fsp3) is 0.333. The molecule has 0 saturated carbocycles. The number of aromatic nitrogens is 2. The van der Waals surface area contributed by atoms with E-state index in [0.717, 1.165) is 48.3 Å². The molecule has 0 saturated heterocycles. The summed E-state index contributed by atoms with van der Waals surface area (Å²) in [5.41, 5.74) is 2.59. The number of imidazole rings is 1. The summed E-state index contributed by atoms with van der Waals surface area (Å²) >= 11 is 1.41. The van der Waals surface area contributed by atoms with E-state index < -0.39 is 9.84 Å². The van der Waals surface area contributed by atoms with E-state index in [1.807, 2.05) is 18.2 Å². The topological polar surface area (TPSA) is 81.1 Å². The molecule has 0 atom stereocenters. The Kier molecular flexibility index (Phi) is 6.97. The zero-order chi connectivity index (χ0) is 20.9. The number of hydrogen-bond acceptors (Lipinski definition) is 5. The molecule has 0 fully saturated rings. The first kappa shape index (κ1) is 21.4. The Labute approximate surface area is 175 Å². The lowest BCUT2D eigenvalue weighted by Gasteiger charge is -2.09. The number of amides is 1. The summed E-state index contributed by atoms with van der Waals surface area (Å²) in [6.45, 7) is 3.06. The smallest absolute Gasteiger partial charge is 0.234 e. The van der Waals surface area contributed by atoms with Gasteiger partial charge in [0.05, 0.1) is 21.7 Å². The van der Waals surface area contributed by atoms with Crippen molar-refractivity contribution >= 4 is 44.2 Å². The van der Waals surface area contributed by atoms with Crippen LogP contribution in [0.3, 0.4) is 0 Å². The van der Waals surface area contributed by atoms with E-state index in [0.29, 0.717) is 5.69 Å². The van der Waals surface area contributed by atoms with Gasteiger partial charge in [-0.3, -0.25) is 4.79 Å². The van der Waals surface area contributed by atoms with E-state index in [-0.39, 0.29) is 16.6 Å². The second-order valence-corrected chi connectivity index (χ2v) is 9.83. The number of aryl methyl sites for hydroxylation is 1. The highest BCUT2D eigenvalue weighted by atomic mass is 32.2. The lowest BCUT2D eigenvalue weighted by atomic mass is 10.2. The van der Waals surface area contributed by atoms with Crippen molar-refractivity contribution in [3.05, 3.63) is 48.5 Å². The minimum absolute atomic E-state index is 0.158. The van der Waals surface area contributed by atoms with Gasteiger partial charge in [0.25, 0.3) is 0 Å². The molecule has 1 N–H and O–H groups in total. The van der Waals surface area contributed by atoms with Gasteiger partial charge in [0.2, 0.25) is 5.91 Å². The van der Waals surface area contributed by atoms with Crippen LogP contribution in [0.15, 0.2) is 58.6 Å². The first-order chi connectivity index (χ1) is 13.9. The summed E-state index contributed by atoms with van der Waals surface area (Å²) in [5.74, 6) is 0.0690. The first-order valence-electron chi connectivity index (χ1n) is 9.56. The van der Waals surface area contributed by atoms with Crippen molar-refractivity contribution in [2.75, 3.05) is 17.3 Å². The summed E-state index contributed by atoms with van der Waals surface area (Å²) < 4.78 is 25.2. The number of anilines is 1. The third kappa shape index (κ3) is 5.61. The van der Waals surface area contributed by atoms with Crippen LogP contribution in [0.5, 0.6) is 0 Å². The largest absolute Gasteiger partial charge is 0.325 e. The molecule has 0 unspecified atom stereocenters. The molecule has 1 amide bonds. The molecule has 2 aromatic carbocycles. The summed E-state index contributed by atoms with van der Waals surface area (Å²) in [6.07, 6.45) is 4.53. The number of thioether (sulfide) groups is 1. The lowest BCUT2D eigenvalue weighted by Crippen LogP contribution is -2.14. The molecule has 8 heteroatoms. The zero-order valence-electron chi connectivity index (χ0n) is 16.6. The third-order valence-corrected chi connectivity index (χ3v) is 6.61.